The Hall–Kier alpha value is -2.05. The van der Waals surface area contributed by atoms with Crippen LogP contribution in [0.3, 0.4) is 0 Å². The van der Waals surface area contributed by atoms with E-state index in [0.717, 1.165) is 31.5 Å². The highest BCUT2D eigenvalue weighted by molar-refractivity contribution is 6.36. The highest BCUT2D eigenvalue weighted by Gasteiger charge is 2.28. The summed E-state index contributed by atoms with van der Waals surface area (Å²) in [6, 6.07) is 6.77. The third kappa shape index (κ3) is 3.69. The van der Waals surface area contributed by atoms with Crippen molar-refractivity contribution in [2.75, 3.05) is 26.2 Å². The number of fused-ring (bicyclic) bond motifs is 1. The first kappa shape index (κ1) is 18.3. The van der Waals surface area contributed by atoms with Gasteiger partial charge in [-0.05, 0) is 43.5 Å². The van der Waals surface area contributed by atoms with Crippen molar-refractivity contribution in [3.63, 3.8) is 0 Å². The van der Waals surface area contributed by atoms with E-state index in [1.54, 1.807) is 28.0 Å². The normalized spacial score (nSPS) is 17.0. The summed E-state index contributed by atoms with van der Waals surface area (Å²) in [5.41, 5.74) is 2.07. The molecule has 2 aromatic rings. The lowest BCUT2D eigenvalue weighted by atomic mass is 10.1. The van der Waals surface area contributed by atoms with Gasteiger partial charge in [0.1, 0.15) is 0 Å². The summed E-state index contributed by atoms with van der Waals surface area (Å²) in [7, 11) is 0. The molecule has 2 amide bonds. The van der Waals surface area contributed by atoms with Crippen molar-refractivity contribution in [2.24, 2.45) is 0 Å². The first-order chi connectivity index (χ1) is 13.0. The van der Waals surface area contributed by atoms with Crippen molar-refractivity contribution in [3.8, 4) is 0 Å². The van der Waals surface area contributed by atoms with Crippen molar-refractivity contribution < 1.29 is 9.59 Å². The van der Waals surface area contributed by atoms with Gasteiger partial charge in [0.2, 0.25) is 0 Å². The zero-order valence-electron chi connectivity index (χ0n) is 14.8. The van der Waals surface area contributed by atoms with Crippen LogP contribution in [0.5, 0.6) is 0 Å². The molecule has 27 heavy (non-hydrogen) atoms. The molecule has 0 unspecified atom stereocenters. The highest BCUT2D eigenvalue weighted by Crippen LogP contribution is 2.23. The SMILES string of the molecule is O=C(c1cc2n(n1)CCCC2)N1CCN(C(=O)c2ccc(Cl)cc2Cl)CC1. The minimum absolute atomic E-state index is 0.0616. The number of hydrogen-bond donors (Lipinski definition) is 0. The molecule has 4 rings (SSSR count). The van der Waals surface area contributed by atoms with Crippen LogP contribution < -0.4 is 0 Å². The van der Waals surface area contributed by atoms with Gasteiger partial charge in [-0.3, -0.25) is 14.3 Å². The molecule has 2 aliphatic heterocycles. The molecule has 0 aliphatic carbocycles. The van der Waals surface area contributed by atoms with Crippen LogP contribution in [0.15, 0.2) is 24.3 Å². The van der Waals surface area contributed by atoms with E-state index in [-0.39, 0.29) is 11.8 Å². The number of nitrogens with zero attached hydrogens (tertiary/aromatic N) is 4. The fraction of sp³-hybridized carbons (Fsp3) is 0.421. The lowest BCUT2D eigenvalue weighted by molar-refractivity contribution is 0.0532. The number of rotatable bonds is 2. The van der Waals surface area contributed by atoms with Gasteiger partial charge in [-0.25, -0.2) is 0 Å². The quantitative estimate of drug-likeness (QED) is 0.769. The summed E-state index contributed by atoms with van der Waals surface area (Å²) >= 11 is 12.0. The van der Waals surface area contributed by atoms with Crippen LogP contribution in [-0.2, 0) is 13.0 Å². The van der Waals surface area contributed by atoms with Gasteiger partial charge in [0, 0.05) is 43.4 Å². The van der Waals surface area contributed by atoms with Gasteiger partial charge >= 0.3 is 0 Å². The maximum atomic E-state index is 12.8. The molecule has 0 saturated carbocycles. The highest BCUT2D eigenvalue weighted by atomic mass is 35.5. The second-order valence-electron chi connectivity index (χ2n) is 6.91. The average Bonchev–Trinajstić information content (AvgIpc) is 3.11. The molecular formula is C19H20Cl2N4O2. The molecule has 0 spiro atoms. The number of halogens is 2. The maximum absolute atomic E-state index is 12.8. The number of carbonyl (C=O) groups excluding carboxylic acids is 2. The number of piperazine rings is 1. The Morgan fingerprint density at radius 3 is 2.26 bits per heavy atom. The van der Waals surface area contributed by atoms with Gasteiger partial charge < -0.3 is 9.80 Å². The number of aryl methyl sites for hydroxylation is 2. The van der Waals surface area contributed by atoms with Crippen molar-refractivity contribution in [3.05, 3.63) is 51.3 Å². The Morgan fingerprint density at radius 2 is 1.59 bits per heavy atom. The van der Waals surface area contributed by atoms with E-state index in [2.05, 4.69) is 5.10 Å². The molecule has 1 aromatic carbocycles. The Morgan fingerprint density at radius 1 is 0.889 bits per heavy atom. The Kier molecular flexibility index (Phi) is 5.10. The third-order valence-electron chi connectivity index (χ3n) is 5.15. The number of amides is 2. The van der Waals surface area contributed by atoms with Crippen LogP contribution >= 0.6 is 23.2 Å². The van der Waals surface area contributed by atoms with Gasteiger partial charge in [-0.15, -0.1) is 0 Å². The molecule has 0 radical (unpaired) electrons. The number of hydrogen-bond acceptors (Lipinski definition) is 3. The second-order valence-corrected chi connectivity index (χ2v) is 7.75. The lowest BCUT2D eigenvalue weighted by Gasteiger charge is -2.34. The molecule has 6 nitrogen and oxygen atoms in total. The van der Waals surface area contributed by atoms with E-state index in [9.17, 15) is 9.59 Å². The molecule has 8 heteroatoms. The maximum Gasteiger partial charge on any atom is 0.274 e. The molecule has 1 fully saturated rings. The van der Waals surface area contributed by atoms with E-state index >= 15 is 0 Å². The average molecular weight is 407 g/mol. The summed E-state index contributed by atoms with van der Waals surface area (Å²) in [5.74, 6) is -0.199. The van der Waals surface area contributed by atoms with Crippen LogP contribution in [0.25, 0.3) is 0 Å². The molecular weight excluding hydrogens is 387 g/mol. The zero-order chi connectivity index (χ0) is 19.0. The Labute approximate surface area is 167 Å². The molecule has 2 aliphatic rings. The van der Waals surface area contributed by atoms with Gasteiger partial charge in [0.05, 0.1) is 10.6 Å². The summed E-state index contributed by atoms with van der Waals surface area (Å²) < 4.78 is 1.94. The Balaban J connectivity index is 1.40. The fourth-order valence-electron chi connectivity index (χ4n) is 3.63. The van der Waals surface area contributed by atoms with E-state index in [4.69, 9.17) is 23.2 Å². The zero-order valence-corrected chi connectivity index (χ0v) is 16.3. The van der Waals surface area contributed by atoms with Gasteiger partial charge in [-0.1, -0.05) is 23.2 Å². The van der Waals surface area contributed by atoms with Crippen molar-refractivity contribution in [1.29, 1.82) is 0 Å². The number of benzene rings is 1. The van der Waals surface area contributed by atoms with Crippen LogP contribution in [0.4, 0.5) is 0 Å². The van der Waals surface area contributed by atoms with Crippen LogP contribution in [-0.4, -0.2) is 57.6 Å². The molecule has 0 atom stereocenters. The van der Waals surface area contributed by atoms with Crippen molar-refractivity contribution in [1.82, 2.24) is 19.6 Å². The molecule has 142 valence electrons. The minimum Gasteiger partial charge on any atom is -0.335 e. The first-order valence-corrected chi connectivity index (χ1v) is 9.89. The lowest BCUT2D eigenvalue weighted by Crippen LogP contribution is -2.50. The molecule has 1 saturated heterocycles. The Bertz CT molecular complexity index is 864. The number of carbonyl (C=O) groups is 2. The molecule has 0 N–H and O–H groups in total. The minimum atomic E-state index is -0.138. The van der Waals surface area contributed by atoms with Crippen molar-refractivity contribution in [2.45, 2.75) is 25.8 Å². The van der Waals surface area contributed by atoms with Crippen LogP contribution in [0.1, 0.15) is 39.4 Å². The van der Waals surface area contributed by atoms with Gasteiger partial charge in [0.15, 0.2) is 5.69 Å². The molecule has 1 aromatic heterocycles. The first-order valence-electron chi connectivity index (χ1n) is 9.13. The predicted octanol–water partition coefficient (Wildman–Crippen LogP) is 3.12. The predicted molar refractivity (Wildman–Crippen MR) is 103 cm³/mol. The smallest absolute Gasteiger partial charge is 0.274 e. The summed E-state index contributed by atoms with van der Waals surface area (Å²) in [4.78, 5) is 28.9. The summed E-state index contributed by atoms with van der Waals surface area (Å²) in [6.07, 6.45) is 3.23. The third-order valence-corrected chi connectivity index (χ3v) is 5.70. The molecule has 3 heterocycles. The largest absolute Gasteiger partial charge is 0.335 e. The van der Waals surface area contributed by atoms with E-state index < -0.39 is 0 Å². The molecule has 0 bridgehead atoms. The monoisotopic (exact) mass is 406 g/mol. The fourth-order valence-corrected chi connectivity index (χ4v) is 4.12. The van der Waals surface area contributed by atoms with Crippen LogP contribution in [0.2, 0.25) is 10.0 Å². The standard InChI is InChI=1S/C19H20Cl2N4O2/c20-13-4-5-15(16(21)11-13)18(26)23-7-9-24(10-8-23)19(27)17-12-14-3-1-2-6-25(14)22-17/h4-5,11-12H,1-3,6-10H2. The summed E-state index contributed by atoms with van der Waals surface area (Å²) in [5, 5.41) is 5.30. The second kappa shape index (κ2) is 7.52. The van der Waals surface area contributed by atoms with Crippen molar-refractivity contribution >= 4 is 35.0 Å². The van der Waals surface area contributed by atoms with Gasteiger partial charge in [-0.2, -0.15) is 5.10 Å². The van der Waals surface area contributed by atoms with Gasteiger partial charge in [0.25, 0.3) is 11.8 Å². The number of aromatic nitrogens is 2. The van der Waals surface area contributed by atoms with E-state index in [1.165, 1.54) is 0 Å². The van der Waals surface area contributed by atoms with E-state index in [1.807, 2.05) is 10.7 Å². The topological polar surface area (TPSA) is 58.4 Å². The summed E-state index contributed by atoms with van der Waals surface area (Å²) in [6.45, 7) is 2.79. The van der Waals surface area contributed by atoms with Crippen LogP contribution in [0, 0.1) is 0 Å². The van der Waals surface area contributed by atoms with E-state index in [0.29, 0.717) is 47.5 Å².